The number of fused-ring (bicyclic) bond motifs is 1. The van der Waals surface area contributed by atoms with E-state index in [1.165, 1.54) is 18.3 Å². The van der Waals surface area contributed by atoms with Crippen molar-refractivity contribution in [1.29, 1.82) is 0 Å². The Bertz CT molecular complexity index is 1180. The number of nitrogens with one attached hydrogen (secondary N) is 1. The fraction of sp³-hybridized carbons (Fsp3) is 0.0455. The molecular formula is C22H14Cl2N2O5. The van der Waals surface area contributed by atoms with Crippen molar-refractivity contribution in [3.8, 4) is 17.2 Å². The van der Waals surface area contributed by atoms with Gasteiger partial charge in [-0.25, -0.2) is 10.2 Å². The van der Waals surface area contributed by atoms with Gasteiger partial charge in [0.15, 0.2) is 11.5 Å². The van der Waals surface area contributed by atoms with Crippen LogP contribution in [0.5, 0.6) is 17.2 Å². The first-order valence-corrected chi connectivity index (χ1v) is 9.75. The van der Waals surface area contributed by atoms with Gasteiger partial charge in [0.25, 0.3) is 5.91 Å². The van der Waals surface area contributed by atoms with Crippen LogP contribution in [0, 0.1) is 0 Å². The molecule has 0 aromatic heterocycles. The Hall–Kier alpha value is -3.55. The highest BCUT2D eigenvalue weighted by Crippen LogP contribution is 2.32. The Morgan fingerprint density at radius 2 is 1.74 bits per heavy atom. The van der Waals surface area contributed by atoms with Gasteiger partial charge in [0, 0.05) is 10.6 Å². The van der Waals surface area contributed by atoms with E-state index in [0.29, 0.717) is 33.4 Å². The first-order valence-electron chi connectivity index (χ1n) is 9.00. The molecule has 3 aromatic rings. The number of hydrazone groups is 1. The molecule has 4 rings (SSSR count). The third kappa shape index (κ3) is 4.96. The fourth-order valence-electron chi connectivity index (χ4n) is 2.71. The summed E-state index contributed by atoms with van der Waals surface area (Å²) < 4.78 is 15.8. The summed E-state index contributed by atoms with van der Waals surface area (Å²) in [4.78, 5) is 24.4. The van der Waals surface area contributed by atoms with E-state index in [4.69, 9.17) is 37.4 Å². The van der Waals surface area contributed by atoms with Crippen LogP contribution < -0.4 is 19.6 Å². The van der Waals surface area contributed by atoms with Gasteiger partial charge in [-0.15, -0.1) is 0 Å². The average Bonchev–Trinajstić information content (AvgIpc) is 3.22. The first-order chi connectivity index (χ1) is 15.0. The highest BCUT2D eigenvalue weighted by Gasteiger charge is 2.16. The van der Waals surface area contributed by atoms with Crippen LogP contribution >= 0.6 is 23.2 Å². The van der Waals surface area contributed by atoms with E-state index in [9.17, 15) is 9.59 Å². The lowest BCUT2D eigenvalue weighted by Gasteiger charge is -2.06. The Balaban J connectivity index is 1.34. The number of carbonyl (C=O) groups excluding carboxylic acids is 2. The largest absolute Gasteiger partial charge is 0.454 e. The highest BCUT2D eigenvalue weighted by molar-refractivity contribution is 6.36. The molecular weight excluding hydrogens is 443 g/mol. The molecule has 0 radical (unpaired) electrons. The molecule has 1 heterocycles. The number of hydrogen-bond acceptors (Lipinski definition) is 6. The molecule has 1 amide bonds. The van der Waals surface area contributed by atoms with Gasteiger partial charge in [-0.1, -0.05) is 23.2 Å². The number of amides is 1. The molecule has 0 unspecified atom stereocenters. The van der Waals surface area contributed by atoms with E-state index < -0.39 is 5.97 Å². The average molecular weight is 457 g/mol. The molecule has 3 aromatic carbocycles. The third-order valence-corrected chi connectivity index (χ3v) is 4.80. The standard InChI is InChI=1S/C22H14Cl2N2O5/c23-15-4-7-17(18(24)10-15)22(28)31-16-5-1-13(2-6-16)11-25-26-21(27)14-3-8-19-20(9-14)30-12-29-19/h1-11H,12H2,(H,26,27)/b25-11-. The number of carbonyl (C=O) groups is 2. The molecule has 0 aliphatic carbocycles. The Morgan fingerprint density at radius 1 is 0.968 bits per heavy atom. The van der Waals surface area contributed by atoms with Crippen LogP contribution in [0.1, 0.15) is 26.3 Å². The maximum atomic E-state index is 12.2. The molecule has 1 aliphatic rings. The van der Waals surface area contributed by atoms with Gasteiger partial charge < -0.3 is 14.2 Å². The number of hydrogen-bond donors (Lipinski definition) is 1. The summed E-state index contributed by atoms with van der Waals surface area (Å²) in [5, 5.41) is 4.57. The van der Waals surface area contributed by atoms with Crippen LogP contribution in [-0.4, -0.2) is 24.9 Å². The Labute approximate surface area is 187 Å². The van der Waals surface area contributed by atoms with Crippen LogP contribution in [0.4, 0.5) is 0 Å². The van der Waals surface area contributed by atoms with Crippen LogP contribution in [0.2, 0.25) is 10.0 Å². The molecule has 0 bridgehead atoms. The van der Waals surface area contributed by atoms with Gasteiger partial charge in [-0.3, -0.25) is 4.79 Å². The molecule has 0 atom stereocenters. The zero-order valence-electron chi connectivity index (χ0n) is 15.8. The lowest BCUT2D eigenvalue weighted by atomic mass is 10.2. The summed E-state index contributed by atoms with van der Waals surface area (Å²) in [5.41, 5.74) is 3.74. The molecule has 0 saturated heterocycles. The molecule has 1 aliphatic heterocycles. The predicted octanol–water partition coefficient (Wildman–Crippen LogP) is 4.71. The van der Waals surface area contributed by atoms with Crippen molar-refractivity contribution >= 4 is 41.3 Å². The minimum atomic E-state index is -0.598. The molecule has 0 spiro atoms. The quantitative estimate of drug-likeness (QED) is 0.260. The summed E-state index contributed by atoms with van der Waals surface area (Å²) in [6.45, 7) is 0.136. The summed E-state index contributed by atoms with van der Waals surface area (Å²) in [5.74, 6) is 0.456. The summed E-state index contributed by atoms with van der Waals surface area (Å²) in [7, 11) is 0. The lowest BCUT2D eigenvalue weighted by molar-refractivity contribution is 0.0734. The van der Waals surface area contributed by atoms with Crippen LogP contribution in [0.25, 0.3) is 0 Å². The van der Waals surface area contributed by atoms with Gasteiger partial charge >= 0.3 is 5.97 Å². The number of rotatable bonds is 5. The smallest absolute Gasteiger partial charge is 0.345 e. The summed E-state index contributed by atoms with van der Waals surface area (Å²) >= 11 is 11.9. The van der Waals surface area contributed by atoms with Gasteiger partial charge in [0.2, 0.25) is 6.79 Å². The molecule has 9 heteroatoms. The van der Waals surface area contributed by atoms with Crippen molar-refractivity contribution in [2.45, 2.75) is 0 Å². The van der Waals surface area contributed by atoms with Gasteiger partial charge in [0.1, 0.15) is 5.75 Å². The van der Waals surface area contributed by atoms with Crippen LogP contribution in [-0.2, 0) is 0 Å². The minimum absolute atomic E-state index is 0.136. The highest BCUT2D eigenvalue weighted by atomic mass is 35.5. The van der Waals surface area contributed by atoms with Crippen LogP contribution in [0.15, 0.2) is 65.8 Å². The second-order valence-corrected chi connectivity index (χ2v) is 7.19. The van der Waals surface area contributed by atoms with Crippen molar-refractivity contribution in [1.82, 2.24) is 5.43 Å². The predicted molar refractivity (Wildman–Crippen MR) is 115 cm³/mol. The number of ether oxygens (including phenoxy) is 3. The van der Waals surface area contributed by atoms with Crippen molar-refractivity contribution in [3.63, 3.8) is 0 Å². The van der Waals surface area contributed by atoms with Crippen molar-refractivity contribution in [3.05, 3.63) is 87.4 Å². The number of halogens is 2. The van der Waals surface area contributed by atoms with Crippen molar-refractivity contribution in [2.24, 2.45) is 5.10 Å². The second kappa shape index (κ2) is 9.07. The van der Waals surface area contributed by atoms with Gasteiger partial charge in [-0.05, 0) is 66.2 Å². The molecule has 0 fully saturated rings. The number of nitrogens with zero attached hydrogens (tertiary/aromatic N) is 1. The van der Waals surface area contributed by atoms with E-state index in [0.717, 1.165) is 0 Å². The maximum Gasteiger partial charge on any atom is 0.345 e. The Kier molecular flexibility index (Phi) is 6.06. The minimum Gasteiger partial charge on any atom is -0.454 e. The molecule has 7 nitrogen and oxygen atoms in total. The fourth-order valence-corrected chi connectivity index (χ4v) is 3.19. The first kappa shape index (κ1) is 20.7. The second-order valence-electron chi connectivity index (χ2n) is 6.35. The SMILES string of the molecule is O=C(N/N=C\c1ccc(OC(=O)c2ccc(Cl)cc2Cl)cc1)c1ccc2c(c1)OCO2. The van der Waals surface area contributed by atoms with Gasteiger partial charge in [-0.2, -0.15) is 5.10 Å². The Morgan fingerprint density at radius 3 is 2.52 bits per heavy atom. The van der Waals surface area contributed by atoms with E-state index in [-0.39, 0.29) is 23.3 Å². The zero-order chi connectivity index (χ0) is 21.8. The third-order valence-electron chi connectivity index (χ3n) is 4.26. The number of esters is 1. The number of benzene rings is 3. The topological polar surface area (TPSA) is 86.2 Å². The van der Waals surface area contributed by atoms with E-state index in [2.05, 4.69) is 10.5 Å². The van der Waals surface area contributed by atoms with E-state index in [1.807, 2.05) is 0 Å². The molecule has 156 valence electrons. The summed E-state index contributed by atoms with van der Waals surface area (Å²) in [6.07, 6.45) is 1.46. The molecule has 0 saturated carbocycles. The van der Waals surface area contributed by atoms with E-state index in [1.54, 1.807) is 48.5 Å². The van der Waals surface area contributed by atoms with Crippen LogP contribution in [0.3, 0.4) is 0 Å². The monoisotopic (exact) mass is 456 g/mol. The zero-order valence-corrected chi connectivity index (χ0v) is 17.3. The summed E-state index contributed by atoms with van der Waals surface area (Å²) in [6, 6.07) is 16.0. The van der Waals surface area contributed by atoms with E-state index >= 15 is 0 Å². The lowest BCUT2D eigenvalue weighted by Crippen LogP contribution is -2.17. The van der Waals surface area contributed by atoms with Crippen molar-refractivity contribution in [2.75, 3.05) is 6.79 Å². The maximum absolute atomic E-state index is 12.2. The normalized spacial score (nSPS) is 12.1. The van der Waals surface area contributed by atoms with Gasteiger partial charge in [0.05, 0.1) is 16.8 Å². The molecule has 31 heavy (non-hydrogen) atoms. The van der Waals surface area contributed by atoms with Crippen molar-refractivity contribution < 1.29 is 23.8 Å². The molecule has 1 N–H and O–H groups in total.